The Morgan fingerprint density at radius 3 is 2.64 bits per heavy atom. The van der Waals surface area contributed by atoms with Crippen molar-refractivity contribution in [1.82, 2.24) is 4.57 Å². The molecule has 168 valence electrons. The molecule has 4 rings (SSSR count). The van der Waals surface area contributed by atoms with Crippen molar-refractivity contribution in [2.24, 2.45) is 0 Å². The van der Waals surface area contributed by atoms with Gasteiger partial charge in [-0.25, -0.2) is 4.39 Å². The smallest absolute Gasteiger partial charge is 0.271 e. The van der Waals surface area contributed by atoms with Crippen LogP contribution in [0.3, 0.4) is 0 Å². The number of hydrogen-bond acceptors (Lipinski definition) is 7. The highest BCUT2D eigenvalue weighted by Crippen LogP contribution is 2.33. The normalized spacial score (nSPS) is 12.8. The lowest BCUT2D eigenvalue weighted by atomic mass is 9.99. The van der Waals surface area contributed by atoms with Gasteiger partial charge in [0.05, 0.1) is 12.1 Å². The van der Waals surface area contributed by atoms with Crippen molar-refractivity contribution in [1.29, 1.82) is 5.26 Å². The molecular weight excluding hydrogens is 431 g/mol. The summed E-state index contributed by atoms with van der Waals surface area (Å²) in [5.74, 6) is -0.364. The van der Waals surface area contributed by atoms with Crippen LogP contribution in [-0.2, 0) is 6.54 Å². The monoisotopic (exact) mass is 450 g/mol. The molecular formula is C24H19FN2O6. The van der Waals surface area contributed by atoms with Gasteiger partial charge in [-0.1, -0.05) is 6.07 Å². The molecule has 0 fully saturated rings. The van der Waals surface area contributed by atoms with E-state index in [-0.39, 0.29) is 35.8 Å². The standard InChI is InChI=1S/C24H19FN2O6/c1-13-18(10-26)23(29)27(11-15-3-8-19-20(9-15)32-12-31-19)24(30)21(13)22(28)14(2)33-17-6-4-16(25)5-7-17/h3-9,14,30H,11-12H2,1-2H3. The highest BCUT2D eigenvalue weighted by Gasteiger charge is 2.28. The van der Waals surface area contributed by atoms with Gasteiger partial charge in [0.25, 0.3) is 5.56 Å². The molecule has 0 radical (unpaired) electrons. The molecule has 1 atom stereocenters. The highest BCUT2D eigenvalue weighted by molar-refractivity contribution is 6.03. The number of ether oxygens (including phenoxy) is 3. The second-order valence-electron chi connectivity index (χ2n) is 7.47. The number of carbonyl (C=O) groups excluding carboxylic acids is 1. The van der Waals surface area contributed by atoms with E-state index in [1.54, 1.807) is 18.2 Å². The fraction of sp³-hybridized carbons (Fsp3) is 0.208. The molecule has 2 aromatic carbocycles. The van der Waals surface area contributed by atoms with Crippen LogP contribution in [0.2, 0.25) is 0 Å². The van der Waals surface area contributed by atoms with Crippen LogP contribution in [0.4, 0.5) is 4.39 Å². The number of nitriles is 1. The average Bonchev–Trinajstić information content (AvgIpc) is 3.26. The van der Waals surface area contributed by atoms with Crippen LogP contribution < -0.4 is 19.8 Å². The summed E-state index contributed by atoms with van der Waals surface area (Å²) in [5.41, 5.74) is -0.527. The van der Waals surface area contributed by atoms with Crippen LogP contribution in [0.15, 0.2) is 47.3 Å². The van der Waals surface area contributed by atoms with E-state index in [4.69, 9.17) is 14.2 Å². The number of rotatable bonds is 6. The lowest BCUT2D eigenvalue weighted by Crippen LogP contribution is -2.31. The first-order valence-corrected chi connectivity index (χ1v) is 10.0. The molecule has 0 aliphatic carbocycles. The average molecular weight is 450 g/mol. The Hall–Kier alpha value is -4.32. The number of benzene rings is 2. The van der Waals surface area contributed by atoms with Gasteiger partial charge in [-0.05, 0) is 61.4 Å². The summed E-state index contributed by atoms with van der Waals surface area (Å²) in [6, 6.07) is 12.0. The fourth-order valence-electron chi connectivity index (χ4n) is 3.59. The van der Waals surface area contributed by atoms with Crippen molar-refractivity contribution in [2.45, 2.75) is 26.5 Å². The Morgan fingerprint density at radius 2 is 1.94 bits per heavy atom. The van der Waals surface area contributed by atoms with E-state index in [2.05, 4.69) is 0 Å². The van der Waals surface area contributed by atoms with E-state index < -0.39 is 29.1 Å². The van der Waals surface area contributed by atoms with Crippen molar-refractivity contribution >= 4 is 5.78 Å². The number of halogens is 1. The molecule has 1 aliphatic heterocycles. The summed E-state index contributed by atoms with van der Waals surface area (Å²) in [5, 5.41) is 20.5. The Morgan fingerprint density at radius 1 is 1.24 bits per heavy atom. The predicted octanol–water partition coefficient (Wildman–Crippen LogP) is 3.30. The third kappa shape index (κ3) is 4.11. The van der Waals surface area contributed by atoms with Gasteiger partial charge in [0, 0.05) is 0 Å². The number of Topliss-reactive ketones (excluding diaryl/α,β-unsaturated/α-hetero) is 1. The number of hydrogen-bond donors (Lipinski definition) is 1. The molecule has 2 heterocycles. The molecule has 1 N–H and O–H groups in total. The third-order valence-corrected chi connectivity index (χ3v) is 5.32. The predicted molar refractivity (Wildman–Crippen MR) is 114 cm³/mol. The van der Waals surface area contributed by atoms with E-state index in [1.165, 1.54) is 38.1 Å². The van der Waals surface area contributed by atoms with Gasteiger partial charge in [0.1, 0.15) is 23.2 Å². The van der Waals surface area contributed by atoms with Crippen LogP contribution in [-0.4, -0.2) is 28.4 Å². The number of ketones is 1. The van der Waals surface area contributed by atoms with Gasteiger partial charge in [-0.15, -0.1) is 0 Å². The summed E-state index contributed by atoms with van der Waals surface area (Å²) in [6.07, 6.45) is -1.08. The zero-order valence-corrected chi connectivity index (χ0v) is 17.8. The zero-order valence-electron chi connectivity index (χ0n) is 17.8. The minimum atomic E-state index is -1.08. The number of aromatic hydroxyl groups is 1. The molecule has 8 nitrogen and oxygen atoms in total. The summed E-state index contributed by atoms with van der Waals surface area (Å²) in [7, 11) is 0. The molecule has 0 amide bonds. The van der Waals surface area contributed by atoms with E-state index in [1.807, 2.05) is 6.07 Å². The number of carbonyl (C=O) groups is 1. The summed E-state index contributed by atoms with van der Waals surface area (Å²) in [4.78, 5) is 26.1. The Balaban J connectivity index is 1.72. The van der Waals surface area contributed by atoms with Crippen LogP contribution in [0.5, 0.6) is 23.1 Å². The molecule has 1 aromatic heterocycles. The second-order valence-corrected chi connectivity index (χ2v) is 7.47. The number of nitrogens with zero attached hydrogens (tertiary/aromatic N) is 2. The zero-order chi connectivity index (χ0) is 23.7. The van der Waals surface area contributed by atoms with Crippen molar-refractivity contribution in [3.63, 3.8) is 0 Å². The van der Waals surface area contributed by atoms with Crippen molar-refractivity contribution in [3.8, 4) is 29.2 Å². The van der Waals surface area contributed by atoms with E-state index in [0.29, 0.717) is 17.1 Å². The Bertz CT molecular complexity index is 1340. The maximum absolute atomic E-state index is 13.2. The first kappa shape index (κ1) is 21.9. The van der Waals surface area contributed by atoms with Gasteiger partial charge in [0.2, 0.25) is 18.5 Å². The summed E-state index contributed by atoms with van der Waals surface area (Å²) >= 11 is 0. The van der Waals surface area contributed by atoms with Gasteiger partial charge in [-0.3, -0.25) is 14.2 Å². The van der Waals surface area contributed by atoms with Gasteiger partial charge >= 0.3 is 0 Å². The molecule has 0 bridgehead atoms. The van der Waals surface area contributed by atoms with E-state index in [9.17, 15) is 24.3 Å². The second kappa shape index (κ2) is 8.67. The van der Waals surface area contributed by atoms with Crippen LogP contribution in [0.25, 0.3) is 0 Å². The first-order valence-electron chi connectivity index (χ1n) is 10.0. The van der Waals surface area contributed by atoms with Gasteiger partial charge < -0.3 is 19.3 Å². The Kier molecular flexibility index (Phi) is 5.75. The number of aromatic nitrogens is 1. The molecule has 0 saturated heterocycles. The molecule has 1 aliphatic rings. The van der Waals surface area contributed by atoms with E-state index >= 15 is 0 Å². The molecule has 33 heavy (non-hydrogen) atoms. The van der Waals surface area contributed by atoms with Crippen LogP contribution >= 0.6 is 0 Å². The van der Waals surface area contributed by atoms with Crippen LogP contribution in [0.1, 0.15) is 34.0 Å². The maximum Gasteiger partial charge on any atom is 0.271 e. The molecule has 0 saturated carbocycles. The van der Waals surface area contributed by atoms with Crippen LogP contribution in [0, 0.1) is 24.1 Å². The Labute approximate surface area is 188 Å². The lowest BCUT2D eigenvalue weighted by molar-refractivity contribution is 0.0812. The van der Waals surface area contributed by atoms with E-state index in [0.717, 1.165) is 4.57 Å². The third-order valence-electron chi connectivity index (χ3n) is 5.32. The highest BCUT2D eigenvalue weighted by atomic mass is 19.1. The maximum atomic E-state index is 13.2. The van der Waals surface area contributed by atoms with Crippen molar-refractivity contribution < 1.29 is 28.5 Å². The molecule has 0 spiro atoms. The largest absolute Gasteiger partial charge is 0.494 e. The van der Waals surface area contributed by atoms with Gasteiger partial charge in [0.15, 0.2) is 17.6 Å². The van der Waals surface area contributed by atoms with Crippen molar-refractivity contribution in [2.75, 3.05) is 6.79 Å². The fourth-order valence-corrected chi connectivity index (χ4v) is 3.59. The molecule has 1 unspecified atom stereocenters. The molecule has 9 heteroatoms. The van der Waals surface area contributed by atoms with Gasteiger partial charge in [-0.2, -0.15) is 5.26 Å². The quantitative estimate of drug-likeness (QED) is 0.574. The number of fused-ring (bicyclic) bond motifs is 1. The minimum absolute atomic E-state index is 0.0569. The topological polar surface area (TPSA) is 111 Å². The first-order chi connectivity index (χ1) is 15.8. The minimum Gasteiger partial charge on any atom is -0.494 e. The lowest BCUT2D eigenvalue weighted by Gasteiger charge is -2.19. The SMILES string of the molecule is Cc1c(C(=O)C(C)Oc2ccc(F)cc2)c(O)n(Cc2ccc3c(c2)OCO3)c(=O)c1C#N. The van der Waals surface area contributed by atoms with Crippen molar-refractivity contribution in [3.05, 3.63) is 80.9 Å². The summed E-state index contributed by atoms with van der Waals surface area (Å²) < 4.78 is 30.3. The number of pyridine rings is 1. The molecule has 3 aromatic rings. The summed E-state index contributed by atoms with van der Waals surface area (Å²) in [6.45, 7) is 2.85.